The predicted molar refractivity (Wildman–Crippen MR) is 73.8 cm³/mol. The van der Waals surface area contributed by atoms with Crippen LogP contribution in [0.15, 0.2) is 24.3 Å². The number of thiophene rings is 1. The number of rotatable bonds is 3. The summed E-state index contributed by atoms with van der Waals surface area (Å²) in [5.74, 6) is -0.816. The van der Waals surface area contributed by atoms with Crippen molar-refractivity contribution < 1.29 is 9.18 Å². The van der Waals surface area contributed by atoms with Gasteiger partial charge >= 0.3 is 0 Å². The van der Waals surface area contributed by atoms with Crippen molar-refractivity contribution in [2.75, 3.05) is 0 Å². The second-order valence-electron chi connectivity index (χ2n) is 3.54. The van der Waals surface area contributed by atoms with Gasteiger partial charge in [0.2, 0.25) is 0 Å². The zero-order chi connectivity index (χ0) is 13.3. The summed E-state index contributed by atoms with van der Waals surface area (Å²) in [5.41, 5.74) is 0.466. The molecule has 0 aliphatic heterocycles. The molecule has 0 N–H and O–H groups in total. The van der Waals surface area contributed by atoms with Crippen molar-refractivity contribution in [3.63, 3.8) is 0 Å². The first kappa shape index (κ1) is 13.8. The molecule has 1 heterocycles. The summed E-state index contributed by atoms with van der Waals surface area (Å²) in [4.78, 5) is 12.0. The SMILES string of the molecule is O=C(Cc1c(F)cccc1Cl)c1cc(Cl)sc1Cl. The number of hydrogen-bond donors (Lipinski definition) is 0. The summed E-state index contributed by atoms with van der Waals surface area (Å²) >= 11 is 18.6. The van der Waals surface area contributed by atoms with Gasteiger partial charge in [-0.25, -0.2) is 4.39 Å². The molecule has 0 atom stereocenters. The Morgan fingerprint density at radius 3 is 2.56 bits per heavy atom. The molecule has 2 aromatic rings. The van der Waals surface area contributed by atoms with E-state index in [0.29, 0.717) is 14.2 Å². The number of carbonyl (C=O) groups is 1. The summed E-state index contributed by atoms with van der Waals surface area (Å²) in [6, 6.07) is 5.76. The van der Waals surface area contributed by atoms with E-state index < -0.39 is 5.82 Å². The minimum atomic E-state index is -0.506. The average molecular weight is 324 g/mol. The van der Waals surface area contributed by atoms with Gasteiger partial charge < -0.3 is 0 Å². The first-order valence-corrected chi connectivity index (χ1v) is 6.85. The number of Topliss-reactive ketones (excluding diaryl/α,β-unsaturated/α-hetero) is 1. The van der Waals surface area contributed by atoms with E-state index in [1.165, 1.54) is 24.3 Å². The maximum absolute atomic E-state index is 13.5. The van der Waals surface area contributed by atoms with Gasteiger partial charge in [-0.1, -0.05) is 40.9 Å². The Morgan fingerprint density at radius 1 is 1.28 bits per heavy atom. The lowest BCUT2D eigenvalue weighted by atomic mass is 10.0. The predicted octanol–water partition coefficient (Wildman–Crippen LogP) is 5.27. The van der Waals surface area contributed by atoms with Crippen LogP contribution in [0.5, 0.6) is 0 Å². The summed E-state index contributed by atoms with van der Waals surface area (Å²) in [6.07, 6.45) is -0.141. The molecule has 0 fully saturated rings. The second-order valence-corrected chi connectivity index (χ2v) is 6.23. The van der Waals surface area contributed by atoms with Crippen LogP contribution in [0.1, 0.15) is 15.9 Å². The van der Waals surface area contributed by atoms with Crippen LogP contribution in [0.25, 0.3) is 0 Å². The third-order valence-corrected chi connectivity index (χ3v) is 4.20. The molecule has 18 heavy (non-hydrogen) atoms. The number of hydrogen-bond acceptors (Lipinski definition) is 2. The molecule has 2 rings (SSSR count). The van der Waals surface area contributed by atoms with Crippen molar-refractivity contribution in [3.8, 4) is 0 Å². The maximum atomic E-state index is 13.5. The molecule has 0 aliphatic rings. The first-order chi connectivity index (χ1) is 8.49. The van der Waals surface area contributed by atoms with E-state index in [1.54, 1.807) is 0 Å². The minimum Gasteiger partial charge on any atom is -0.294 e. The minimum absolute atomic E-state index is 0.141. The van der Waals surface area contributed by atoms with E-state index in [4.69, 9.17) is 34.8 Å². The molecular formula is C12H6Cl3FOS. The van der Waals surface area contributed by atoms with Gasteiger partial charge in [0.25, 0.3) is 0 Å². The summed E-state index contributed by atoms with van der Waals surface area (Å²) in [6.45, 7) is 0. The zero-order valence-corrected chi connectivity index (χ0v) is 11.9. The van der Waals surface area contributed by atoms with Crippen LogP contribution in [-0.4, -0.2) is 5.78 Å². The molecular weight excluding hydrogens is 318 g/mol. The molecule has 1 aromatic carbocycles. The third kappa shape index (κ3) is 2.86. The van der Waals surface area contributed by atoms with Gasteiger partial charge in [-0.2, -0.15) is 0 Å². The van der Waals surface area contributed by atoms with Gasteiger partial charge in [0.1, 0.15) is 10.2 Å². The van der Waals surface area contributed by atoms with Gasteiger partial charge in [0, 0.05) is 22.6 Å². The van der Waals surface area contributed by atoms with Gasteiger partial charge in [-0.15, -0.1) is 11.3 Å². The van der Waals surface area contributed by atoms with Crippen molar-refractivity contribution in [2.24, 2.45) is 0 Å². The van der Waals surface area contributed by atoms with E-state index in [2.05, 4.69) is 0 Å². The van der Waals surface area contributed by atoms with E-state index in [1.807, 2.05) is 0 Å². The lowest BCUT2D eigenvalue weighted by molar-refractivity contribution is 0.0992. The van der Waals surface area contributed by atoms with E-state index in [0.717, 1.165) is 11.3 Å². The topological polar surface area (TPSA) is 17.1 Å². The Morgan fingerprint density at radius 2 is 2.00 bits per heavy atom. The first-order valence-electron chi connectivity index (χ1n) is 4.90. The quantitative estimate of drug-likeness (QED) is 0.703. The van der Waals surface area contributed by atoms with Crippen molar-refractivity contribution >= 4 is 51.9 Å². The molecule has 0 bridgehead atoms. The zero-order valence-electron chi connectivity index (χ0n) is 8.84. The highest BCUT2D eigenvalue weighted by atomic mass is 35.5. The van der Waals surface area contributed by atoms with Crippen LogP contribution in [0.3, 0.4) is 0 Å². The molecule has 0 aliphatic carbocycles. The number of benzene rings is 1. The van der Waals surface area contributed by atoms with E-state index in [9.17, 15) is 9.18 Å². The fraction of sp³-hybridized carbons (Fsp3) is 0.0833. The number of halogens is 4. The van der Waals surface area contributed by atoms with E-state index >= 15 is 0 Å². The van der Waals surface area contributed by atoms with Crippen LogP contribution >= 0.6 is 46.1 Å². The molecule has 0 spiro atoms. The van der Waals surface area contributed by atoms with Crippen molar-refractivity contribution in [1.82, 2.24) is 0 Å². The van der Waals surface area contributed by atoms with Crippen LogP contribution in [0, 0.1) is 5.82 Å². The molecule has 0 saturated heterocycles. The highest BCUT2D eigenvalue weighted by Gasteiger charge is 2.17. The molecule has 0 radical (unpaired) electrons. The van der Waals surface area contributed by atoms with Gasteiger partial charge in [-0.05, 0) is 18.2 Å². The lowest BCUT2D eigenvalue weighted by Gasteiger charge is -2.04. The summed E-state index contributed by atoms with van der Waals surface area (Å²) in [7, 11) is 0. The Hall–Kier alpha value is -0.610. The Labute approximate surface area is 122 Å². The third-order valence-electron chi connectivity index (χ3n) is 2.36. The van der Waals surface area contributed by atoms with Crippen molar-refractivity contribution in [3.05, 3.63) is 54.9 Å². The standard InChI is InChI=1S/C12H6Cl3FOS/c13-8-2-1-3-9(16)6(8)4-10(17)7-5-11(14)18-12(7)15/h1-3,5H,4H2. The van der Waals surface area contributed by atoms with Gasteiger partial charge in [-0.3, -0.25) is 4.79 Å². The Balaban J connectivity index is 2.30. The second kappa shape index (κ2) is 5.57. The molecule has 0 amide bonds. The highest BCUT2D eigenvalue weighted by Crippen LogP contribution is 2.32. The largest absolute Gasteiger partial charge is 0.294 e. The van der Waals surface area contributed by atoms with Crippen LogP contribution in [0.4, 0.5) is 4.39 Å². The highest BCUT2D eigenvalue weighted by molar-refractivity contribution is 7.20. The Bertz CT molecular complexity index is 589. The van der Waals surface area contributed by atoms with Crippen molar-refractivity contribution in [2.45, 2.75) is 6.42 Å². The molecule has 94 valence electrons. The molecule has 1 nitrogen and oxygen atoms in total. The lowest BCUT2D eigenvalue weighted by Crippen LogP contribution is -2.05. The molecule has 1 aromatic heterocycles. The van der Waals surface area contributed by atoms with Crippen LogP contribution in [-0.2, 0) is 6.42 Å². The Kier molecular flexibility index (Phi) is 4.28. The smallest absolute Gasteiger partial charge is 0.169 e. The van der Waals surface area contributed by atoms with Crippen LogP contribution < -0.4 is 0 Å². The number of carbonyl (C=O) groups excluding carboxylic acids is 1. The monoisotopic (exact) mass is 322 g/mol. The number of ketones is 1. The molecule has 0 unspecified atom stereocenters. The normalized spacial score (nSPS) is 10.7. The fourth-order valence-corrected chi connectivity index (χ4v) is 3.22. The summed E-state index contributed by atoms with van der Waals surface area (Å²) in [5, 5.41) is 0.223. The maximum Gasteiger partial charge on any atom is 0.169 e. The summed E-state index contributed by atoms with van der Waals surface area (Å²) < 4.78 is 14.3. The average Bonchev–Trinajstić information content (AvgIpc) is 2.63. The fourth-order valence-electron chi connectivity index (χ4n) is 1.49. The molecule has 0 saturated carbocycles. The van der Waals surface area contributed by atoms with Crippen LogP contribution in [0.2, 0.25) is 13.7 Å². The van der Waals surface area contributed by atoms with Crippen molar-refractivity contribution in [1.29, 1.82) is 0 Å². The van der Waals surface area contributed by atoms with Gasteiger partial charge in [0.15, 0.2) is 5.78 Å². The van der Waals surface area contributed by atoms with E-state index in [-0.39, 0.29) is 22.8 Å². The molecule has 6 heteroatoms. The van der Waals surface area contributed by atoms with Gasteiger partial charge in [0.05, 0.1) is 4.34 Å².